The van der Waals surface area contributed by atoms with Crippen molar-refractivity contribution in [2.45, 2.75) is 18.1 Å². The molecule has 0 aromatic carbocycles. The molecule has 1 aliphatic heterocycles. The molecule has 0 unspecified atom stereocenters. The summed E-state index contributed by atoms with van der Waals surface area (Å²) in [5.74, 6) is 3.87. The standard InChI is InChI=1S/C11H20N2S/c1-3-8-13(2)9-10-14-11-4-6-12-7-5-11/h1,11-12H,4-10H2,2H3. The zero-order valence-corrected chi connectivity index (χ0v) is 9.78. The molecule has 1 rings (SSSR count). The first-order valence-corrected chi connectivity index (χ1v) is 6.32. The van der Waals surface area contributed by atoms with E-state index in [0.29, 0.717) is 0 Å². The second kappa shape index (κ2) is 7.17. The van der Waals surface area contributed by atoms with Crippen molar-refractivity contribution in [3.8, 4) is 12.3 Å². The van der Waals surface area contributed by atoms with Gasteiger partial charge in [0, 0.05) is 17.5 Å². The van der Waals surface area contributed by atoms with Crippen molar-refractivity contribution in [1.29, 1.82) is 0 Å². The van der Waals surface area contributed by atoms with Crippen LogP contribution in [-0.2, 0) is 0 Å². The molecule has 80 valence electrons. The molecule has 2 nitrogen and oxygen atoms in total. The number of piperidine rings is 1. The molecule has 0 amide bonds. The molecule has 0 radical (unpaired) electrons. The predicted octanol–water partition coefficient (Wildman–Crippen LogP) is 1.04. The Kier molecular flexibility index (Phi) is 6.09. The Hall–Kier alpha value is -0.170. The lowest BCUT2D eigenvalue weighted by atomic mass is 10.2. The van der Waals surface area contributed by atoms with Gasteiger partial charge in [-0.25, -0.2) is 0 Å². The minimum atomic E-state index is 0.771. The third-order valence-corrected chi connectivity index (χ3v) is 3.84. The van der Waals surface area contributed by atoms with Crippen LogP contribution in [0, 0.1) is 12.3 Å². The van der Waals surface area contributed by atoms with Crippen LogP contribution in [-0.4, -0.2) is 49.1 Å². The van der Waals surface area contributed by atoms with Crippen LogP contribution >= 0.6 is 11.8 Å². The molecule has 14 heavy (non-hydrogen) atoms. The van der Waals surface area contributed by atoms with Crippen LogP contribution in [0.5, 0.6) is 0 Å². The summed E-state index contributed by atoms with van der Waals surface area (Å²) in [5, 5.41) is 4.25. The van der Waals surface area contributed by atoms with E-state index in [2.05, 4.69) is 34.9 Å². The van der Waals surface area contributed by atoms with Gasteiger partial charge in [0.15, 0.2) is 0 Å². The zero-order chi connectivity index (χ0) is 10.2. The van der Waals surface area contributed by atoms with Gasteiger partial charge < -0.3 is 5.32 Å². The van der Waals surface area contributed by atoms with E-state index < -0.39 is 0 Å². The zero-order valence-electron chi connectivity index (χ0n) is 8.96. The highest BCUT2D eigenvalue weighted by molar-refractivity contribution is 7.99. The number of rotatable bonds is 5. The molecule has 1 heterocycles. The van der Waals surface area contributed by atoms with Gasteiger partial charge in [0.1, 0.15) is 0 Å². The van der Waals surface area contributed by atoms with E-state index in [4.69, 9.17) is 6.42 Å². The van der Waals surface area contributed by atoms with Gasteiger partial charge in [0.25, 0.3) is 0 Å². The highest BCUT2D eigenvalue weighted by Crippen LogP contribution is 2.19. The first-order chi connectivity index (χ1) is 6.83. The summed E-state index contributed by atoms with van der Waals surface area (Å²) < 4.78 is 0. The number of hydrogen-bond acceptors (Lipinski definition) is 3. The SMILES string of the molecule is C#CCN(C)CCSC1CCNCC1. The Morgan fingerprint density at radius 2 is 2.21 bits per heavy atom. The lowest BCUT2D eigenvalue weighted by Gasteiger charge is -2.23. The van der Waals surface area contributed by atoms with Gasteiger partial charge in [0.05, 0.1) is 6.54 Å². The molecule has 1 N–H and O–H groups in total. The molecule has 1 fully saturated rings. The van der Waals surface area contributed by atoms with Crippen molar-refractivity contribution < 1.29 is 0 Å². The van der Waals surface area contributed by atoms with E-state index in [1.54, 1.807) is 0 Å². The number of nitrogens with one attached hydrogen (secondary N) is 1. The molecule has 0 atom stereocenters. The van der Waals surface area contributed by atoms with Crippen molar-refractivity contribution >= 4 is 11.8 Å². The van der Waals surface area contributed by atoms with Crippen molar-refractivity contribution in [2.75, 3.05) is 39.0 Å². The van der Waals surface area contributed by atoms with Crippen LogP contribution in [0.4, 0.5) is 0 Å². The average Bonchev–Trinajstić information content (AvgIpc) is 2.20. The first-order valence-electron chi connectivity index (χ1n) is 5.27. The van der Waals surface area contributed by atoms with Crippen LogP contribution < -0.4 is 5.32 Å². The van der Waals surface area contributed by atoms with Gasteiger partial charge in [0.2, 0.25) is 0 Å². The Bertz CT molecular complexity index is 182. The second-order valence-electron chi connectivity index (χ2n) is 3.76. The summed E-state index contributed by atoms with van der Waals surface area (Å²) in [5.41, 5.74) is 0. The number of nitrogens with zero attached hydrogens (tertiary/aromatic N) is 1. The van der Waals surface area contributed by atoms with E-state index in [1.165, 1.54) is 31.7 Å². The normalized spacial score (nSPS) is 18.4. The van der Waals surface area contributed by atoms with Gasteiger partial charge in [-0.3, -0.25) is 4.90 Å². The van der Waals surface area contributed by atoms with Crippen molar-refractivity contribution in [3.63, 3.8) is 0 Å². The van der Waals surface area contributed by atoms with E-state index in [1.807, 2.05) is 0 Å². The number of hydrogen-bond donors (Lipinski definition) is 1. The Balaban J connectivity index is 2.00. The molecule has 0 saturated carbocycles. The molecule has 0 bridgehead atoms. The summed E-state index contributed by atoms with van der Waals surface area (Å²) in [4.78, 5) is 2.20. The highest BCUT2D eigenvalue weighted by atomic mass is 32.2. The molecule has 0 aromatic heterocycles. The maximum Gasteiger partial charge on any atom is 0.0596 e. The summed E-state index contributed by atoms with van der Waals surface area (Å²) in [6.45, 7) is 4.27. The number of terminal acetylenes is 1. The molecule has 1 aliphatic rings. The van der Waals surface area contributed by atoms with E-state index in [9.17, 15) is 0 Å². The van der Waals surface area contributed by atoms with E-state index >= 15 is 0 Å². The second-order valence-corrected chi connectivity index (χ2v) is 5.17. The minimum Gasteiger partial charge on any atom is -0.317 e. The smallest absolute Gasteiger partial charge is 0.0596 e. The van der Waals surface area contributed by atoms with Crippen molar-refractivity contribution in [3.05, 3.63) is 0 Å². The van der Waals surface area contributed by atoms with Crippen LogP contribution in [0.2, 0.25) is 0 Å². The summed E-state index contributed by atoms with van der Waals surface area (Å²) >= 11 is 2.10. The predicted molar refractivity (Wildman–Crippen MR) is 64.7 cm³/mol. The molecule has 0 aliphatic carbocycles. The van der Waals surface area contributed by atoms with Gasteiger partial charge >= 0.3 is 0 Å². The lowest BCUT2D eigenvalue weighted by molar-refractivity contribution is 0.401. The Morgan fingerprint density at radius 1 is 1.50 bits per heavy atom. The van der Waals surface area contributed by atoms with Gasteiger partial charge in [-0.1, -0.05) is 5.92 Å². The monoisotopic (exact) mass is 212 g/mol. The molecule has 0 aromatic rings. The van der Waals surface area contributed by atoms with Gasteiger partial charge in [-0.05, 0) is 33.0 Å². The van der Waals surface area contributed by atoms with Gasteiger partial charge in [-0.15, -0.1) is 6.42 Å². The van der Waals surface area contributed by atoms with Crippen LogP contribution in [0.1, 0.15) is 12.8 Å². The summed E-state index contributed by atoms with van der Waals surface area (Å²) in [7, 11) is 2.09. The van der Waals surface area contributed by atoms with Gasteiger partial charge in [-0.2, -0.15) is 11.8 Å². The fourth-order valence-electron chi connectivity index (χ4n) is 1.57. The third-order valence-electron chi connectivity index (χ3n) is 2.47. The molecule has 0 spiro atoms. The lowest BCUT2D eigenvalue weighted by Crippen LogP contribution is -2.30. The maximum absolute atomic E-state index is 5.24. The minimum absolute atomic E-state index is 0.771. The number of thioether (sulfide) groups is 1. The molecule has 3 heteroatoms. The quantitative estimate of drug-likeness (QED) is 0.686. The maximum atomic E-state index is 5.24. The van der Waals surface area contributed by atoms with Crippen LogP contribution in [0.15, 0.2) is 0 Å². The Morgan fingerprint density at radius 3 is 2.86 bits per heavy atom. The Labute approximate surface area is 91.8 Å². The first kappa shape index (κ1) is 11.9. The fourth-order valence-corrected chi connectivity index (χ4v) is 2.89. The third kappa shape index (κ3) is 4.90. The largest absolute Gasteiger partial charge is 0.317 e. The highest BCUT2D eigenvalue weighted by Gasteiger charge is 2.12. The van der Waals surface area contributed by atoms with Crippen molar-refractivity contribution in [1.82, 2.24) is 10.2 Å². The molecular formula is C11H20N2S. The summed E-state index contributed by atoms with van der Waals surface area (Å²) in [6.07, 6.45) is 7.88. The van der Waals surface area contributed by atoms with E-state index in [0.717, 1.165) is 18.3 Å². The fraction of sp³-hybridized carbons (Fsp3) is 0.818. The molecule has 1 saturated heterocycles. The molecular weight excluding hydrogens is 192 g/mol. The topological polar surface area (TPSA) is 15.3 Å². The van der Waals surface area contributed by atoms with Crippen LogP contribution in [0.3, 0.4) is 0 Å². The average molecular weight is 212 g/mol. The van der Waals surface area contributed by atoms with E-state index in [-0.39, 0.29) is 0 Å². The summed E-state index contributed by atoms with van der Waals surface area (Å²) in [6, 6.07) is 0. The van der Waals surface area contributed by atoms with Crippen LogP contribution in [0.25, 0.3) is 0 Å². The van der Waals surface area contributed by atoms with Crippen molar-refractivity contribution in [2.24, 2.45) is 0 Å².